The van der Waals surface area contributed by atoms with Gasteiger partial charge in [-0.2, -0.15) is 0 Å². The summed E-state index contributed by atoms with van der Waals surface area (Å²) in [6.45, 7) is 7.91. The third kappa shape index (κ3) is 4.15. The summed E-state index contributed by atoms with van der Waals surface area (Å²) in [5.74, 6) is -0.370. The minimum absolute atomic E-state index is 0.0967. The fourth-order valence-corrected chi connectivity index (χ4v) is 2.44. The molecule has 5 nitrogen and oxygen atoms in total. The van der Waals surface area contributed by atoms with Crippen LogP contribution in [0.3, 0.4) is 0 Å². The Morgan fingerprint density at radius 1 is 1.39 bits per heavy atom. The van der Waals surface area contributed by atoms with Crippen molar-refractivity contribution in [3.05, 3.63) is 0 Å². The van der Waals surface area contributed by atoms with Crippen LogP contribution in [-0.2, 0) is 14.3 Å². The van der Waals surface area contributed by atoms with Gasteiger partial charge in [-0.15, -0.1) is 0 Å². The molecule has 0 radical (unpaired) electrons. The van der Waals surface area contributed by atoms with Gasteiger partial charge in [0, 0.05) is 11.4 Å². The lowest BCUT2D eigenvalue weighted by molar-refractivity contribution is -0.148. The van der Waals surface area contributed by atoms with E-state index in [2.05, 4.69) is 15.9 Å². The summed E-state index contributed by atoms with van der Waals surface area (Å²) in [6, 6.07) is -0.552. The number of likely N-dealkylation sites (tertiary alicyclic amines) is 1. The van der Waals surface area contributed by atoms with E-state index in [1.807, 2.05) is 0 Å². The van der Waals surface area contributed by atoms with E-state index in [4.69, 9.17) is 9.47 Å². The lowest BCUT2D eigenvalue weighted by Crippen LogP contribution is -2.44. The van der Waals surface area contributed by atoms with Gasteiger partial charge in [-0.05, 0) is 34.1 Å². The van der Waals surface area contributed by atoms with Gasteiger partial charge in [0.05, 0.1) is 6.61 Å². The molecule has 0 aliphatic carbocycles. The van der Waals surface area contributed by atoms with E-state index in [9.17, 15) is 9.59 Å². The molecular formula is C12H20BrNO4. The van der Waals surface area contributed by atoms with Gasteiger partial charge in [-0.1, -0.05) is 15.9 Å². The maximum absolute atomic E-state index is 12.0. The zero-order chi connectivity index (χ0) is 13.9. The van der Waals surface area contributed by atoms with Crippen molar-refractivity contribution >= 4 is 28.0 Å². The van der Waals surface area contributed by atoms with Crippen molar-refractivity contribution in [2.75, 3.05) is 13.2 Å². The average molecular weight is 322 g/mol. The summed E-state index contributed by atoms with van der Waals surface area (Å²) in [6.07, 6.45) is 0.0837. The number of hydrogen-bond acceptors (Lipinski definition) is 4. The van der Waals surface area contributed by atoms with E-state index in [0.717, 1.165) is 0 Å². The van der Waals surface area contributed by atoms with Gasteiger partial charge >= 0.3 is 12.1 Å². The minimum Gasteiger partial charge on any atom is -0.464 e. The summed E-state index contributed by atoms with van der Waals surface area (Å²) in [4.78, 5) is 25.3. The topological polar surface area (TPSA) is 55.8 Å². The maximum Gasteiger partial charge on any atom is 0.411 e. The molecule has 0 bridgehead atoms. The van der Waals surface area contributed by atoms with Gasteiger partial charge in [0.15, 0.2) is 0 Å². The zero-order valence-corrected chi connectivity index (χ0v) is 12.8. The van der Waals surface area contributed by atoms with Crippen molar-refractivity contribution < 1.29 is 19.1 Å². The van der Waals surface area contributed by atoms with Gasteiger partial charge in [-0.3, -0.25) is 4.90 Å². The molecule has 0 N–H and O–H groups in total. The molecule has 1 heterocycles. The first kappa shape index (κ1) is 15.3. The second-order valence-electron chi connectivity index (χ2n) is 5.23. The second-order valence-corrected chi connectivity index (χ2v) is 6.53. The number of amides is 1. The molecule has 0 saturated carbocycles. The standard InChI is InChI=1S/C12H20BrNO4/c1-5-17-10(15)9-6-8(13)7-14(9)11(16)18-12(2,3)4/h8-9H,5-7H2,1-4H3/t8-,9+/m0/s1. The van der Waals surface area contributed by atoms with Crippen molar-refractivity contribution in [2.45, 2.75) is 50.6 Å². The van der Waals surface area contributed by atoms with Crippen LogP contribution in [0.1, 0.15) is 34.1 Å². The summed E-state index contributed by atoms with van der Waals surface area (Å²) < 4.78 is 10.3. The van der Waals surface area contributed by atoms with Crippen LogP contribution in [0.5, 0.6) is 0 Å². The van der Waals surface area contributed by atoms with Crippen molar-refractivity contribution in [3.8, 4) is 0 Å². The van der Waals surface area contributed by atoms with Crippen molar-refractivity contribution in [3.63, 3.8) is 0 Å². The van der Waals surface area contributed by atoms with Crippen LogP contribution < -0.4 is 0 Å². The Bertz CT molecular complexity index is 327. The number of rotatable bonds is 2. The molecule has 6 heteroatoms. The van der Waals surface area contributed by atoms with E-state index in [0.29, 0.717) is 19.6 Å². The van der Waals surface area contributed by atoms with E-state index >= 15 is 0 Å². The highest BCUT2D eigenvalue weighted by Gasteiger charge is 2.41. The lowest BCUT2D eigenvalue weighted by atomic mass is 10.2. The van der Waals surface area contributed by atoms with Gasteiger partial charge in [0.1, 0.15) is 11.6 Å². The second kappa shape index (κ2) is 5.91. The molecule has 1 aliphatic heterocycles. The maximum atomic E-state index is 12.0. The van der Waals surface area contributed by atoms with Crippen LogP contribution in [-0.4, -0.2) is 46.6 Å². The van der Waals surface area contributed by atoms with Crippen molar-refractivity contribution in [1.29, 1.82) is 0 Å². The number of hydrogen-bond donors (Lipinski definition) is 0. The lowest BCUT2D eigenvalue weighted by Gasteiger charge is -2.27. The minimum atomic E-state index is -0.569. The molecule has 2 atom stereocenters. The quantitative estimate of drug-likeness (QED) is 0.578. The fraction of sp³-hybridized carbons (Fsp3) is 0.833. The SMILES string of the molecule is CCOC(=O)[C@H]1C[C@H](Br)CN1C(=O)OC(C)(C)C. The third-order valence-electron chi connectivity index (χ3n) is 2.44. The normalized spacial score (nSPS) is 23.9. The Balaban J connectivity index is 2.72. The van der Waals surface area contributed by atoms with Gasteiger partial charge in [0.25, 0.3) is 0 Å². The molecular weight excluding hydrogens is 302 g/mol. The van der Waals surface area contributed by atoms with Crippen molar-refractivity contribution in [2.24, 2.45) is 0 Å². The highest BCUT2D eigenvalue weighted by Crippen LogP contribution is 2.26. The molecule has 0 unspecified atom stereocenters. The molecule has 0 aromatic heterocycles. The Hall–Kier alpha value is -0.780. The van der Waals surface area contributed by atoms with Crippen LogP contribution in [0.25, 0.3) is 0 Å². The van der Waals surface area contributed by atoms with Gasteiger partial charge in [0.2, 0.25) is 0 Å². The van der Waals surface area contributed by atoms with Crippen LogP contribution >= 0.6 is 15.9 Å². The largest absolute Gasteiger partial charge is 0.464 e. The van der Waals surface area contributed by atoms with E-state index < -0.39 is 17.7 Å². The Kier molecular flexibility index (Phi) is 5.01. The van der Waals surface area contributed by atoms with Gasteiger partial charge < -0.3 is 9.47 Å². The Morgan fingerprint density at radius 3 is 2.50 bits per heavy atom. The predicted octanol–water partition coefficient (Wildman–Crippen LogP) is 2.32. The van der Waals surface area contributed by atoms with Crippen LogP contribution in [0.4, 0.5) is 4.79 Å². The predicted molar refractivity (Wildman–Crippen MR) is 70.7 cm³/mol. The molecule has 104 valence electrons. The number of ether oxygens (including phenoxy) is 2. The van der Waals surface area contributed by atoms with Gasteiger partial charge in [-0.25, -0.2) is 9.59 Å². The van der Waals surface area contributed by atoms with Crippen LogP contribution in [0.15, 0.2) is 0 Å². The summed E-state index contributed by atoms with van der Waals surface area (Å²) in [5.41, 5.74) is -0.569. The Morgan fingerprint density at radius 2 is 2.00 bits per heavy atom. The fourth-order valence-electron chi connectivity index (χ4n) is 1.77. The number of carbonyl (C=O) groups excluding carboxylic acids is 2. The molecule has 1 amide bonds. The van der Waals surface area contributed by atoms with Crippen LogP contribution in [0.2, 0.25) is 0 Å². The highest BCUT2D eigenvalue weighted by molar-refractivity contribution is 9.09. The first-order chi connectivity index (χ1) is 8.24. The smallest absolute Gasteiger partial charge is 0.411 e. The Labute approximate surface area is 116 Å². The molecule has 1 rings (SSSR count). The molecule has 1 saturated heterocycles. The first-order valence-corrected chi connectivity index (χ1v) is 6.96. The summed E-state index contributed by atoms with van der Waals surface area (Å²) in [5, 5.41) is 0. The number of carbonyl (C=O) groups is 2. The molecule has 0 spiro atoms. The van der Waals surface area contributed by atoms with E-state index in [-0.39, 0.29) is 10.8 Å². The molecule has 1 fully saturated rings. The zero-order valence-electron chi connectivity index (χ0n) is 11.2. The summed E-state index contributed by atoms with van der Waals surface area (Å²) in [7, 11) is 0. The third-order valence-corrected chi connectivity index (χ3v) is 3.10. The first-order valence-electron chi connectivity index (χ1n) is 6.05. The van der Waals surface area contributed by atoms with Crippen molar-refractivity contribution in [1.82, 2.24) is 4.90 Å². The average Bonchev–Trinajstić information content (AvgIpc) is 2.58. The number of nitrogens with zero attached hydrogens (tertiary/aromatic N) is 1. The number of esters is 1. The van der Waals surface area contributed by atoms with E-state index in [1.54, 1.807) is 27.7 Å². The molecule has 1 aliphatic rings. The number of halogens is 1. The monoisotopic (exact) mass is 321 g/mol. The van der Waals surface area contributed by atoms with E-state index in [1.165, 1.54) is 4.90 Å². The molecule has 0 aromatic carbocycles. The van der Waals surface area contributed by atoms with Crippen LogP contribution in [0, 0.1) is 0 Å². The molecule has 18 heavy (non-hydrogen) atoms. The summed E-state index contributed by atoms with van der Waals surface area (Å²) >= 11 is 3.43. The highest BCUT2D eigenvalue weighted by atomic mass is 79.9. The number of alkyl halides is 1. The molecule has 0 aromatic rings.